The fourth-order valence-electron chi connectivity index (χ4n) is 1.67. The first kappa shape index (κ1) is 12.6. The van der Waals surface area contributed by atoms with E-state index in [9.17, 15) is 13.2 Å². The Kier molecular flexibility index (Phi) is 3.38. The Morgan fingerprint density at radius 1 is 1.11 bits per heavy atom. The van der Waals surface area contributed by atoms with Gasteiger partial charge in [-0.3, -0.25) is 0 Å². The van der Waals surface area contributed by atoms with Crippen LogP contribution in [0, 0.1) is 0 Å². The zero-order chi connectivity index (χ0) is 13.2. The van der Waals surface area contributed by atoms with Gasteiger partial charge in [0.25, 0.3) is 0 Å². The van der Waals surface area contributed by atoms with E-state index in [2.05, 4.69) is 4.98 Å². The van der Waals surface area contributed by atoms with Crippen LogP contribution in [0.4, 0.5) is 13.2 Å². The lowest BCUT2D eigenvalue weighted by Gasteiger charge is -2.10. The molecule has 1 aromatic heterocycles. The van der Waals surface area contributed by atoms with Gasteiger partial charge in [-0.1, -0.05) is 24.3 Å². The predicted molar refractivity (Wildman–Crippen MR) is 60.7 cm³/mol. The van der Waals surface area contributed by atoms with Gasteiger partial charge in [0, 0.05) is 25.5 Å². The zero-order valence-corrected chi connectivity index (χ0v) is 9.48. The monoisotopic (exact) mass is 255 g/mol. The van der Waals surface area contributed by atoms with Gasteiger partial charge in [0.1, 0.15) is 0 Å². The molecule has 0 radical (unpaired) electrons. The van der Waals surface area contributed by atoms with E-state index in [1.54, 1.807) is 24.3 Å². The van der Waals surface area contributed by atoms with Crippen LogP contribution in [0.15, 0.2) is 36.7 Å². The maximum absolute atomic E-state index is 12.6. The van der Waals surface area contributed by atoms with Gasteiger partial charge in [-0.2, -0.15) is 13.2 Å². The number of rotatable bonds is 3. The summed E-state index contributed by atoms with van der Waals surface area (Å²) in [6.07, 6.45) is -1.96. The maximum atomic E-state index is 12.6. The summed E-state index contributed by atoms with van der Waals surface area (Å²) in [4.78, 5) is 3.34. The highest BCUT2D eigenvalue weighted by Gasteiger charge is 2.35. The van der Waals surface area contributed by atoms with Gasteiger partial charge in [0.15, 0.2) is 0 Å². The van der Waals surface area contributed by atoms with Crippen molar-refractivity contribution < 1.29 is 13.2 Å². The predicted octanol–water partition coefficient (Wildman–Crippen LogP) is 2.41. The van der Waals surface area contributed by atoms with Crippen LogP contribution in [-0.4, -0.2) is 9.55 Å². The molecular formula is C12H12F3N3. The van der Waals surface area contributed by atoms with Crippen molar-refractivity contribution in [3.8, 4) is 0 Å². The number of halogens is 3. The third-order valence-electron chi connectivity index (χ3n) is 2.58. The van der Waals surface area contributed by atoms with Crippen molar-refractivity contribution in [3.63, 3.8) is 0 Å². The SMILES string of the molecule is NCc1ccc(Cn2ccnc2C(F)(F)F)cc1. The van der Waals surface area contributed by atoms with E-state index in [1.165, 1.54) is 6.20 Å². The summed E-state index contributed by atoms with van der Waals surface area (Å²) in [5.41, 5.74) is 7.17. The van der Waals surface area contributed by atoms with Gasteiger partial charge in [0.2, 0.25) is 5.82 Å². The summed E-state index contributed by atoms with van der Waals surface area (Å²) in [6, 6.07) is 7.14. The summed E-state index contributed by atoms with van der Waals surface area (Å²) in [5.74, 6) is -0.884. The minimum absolute atomic E-state index is 0.139. The molecule has 2 aromatic rings. The Hall–Kier alpha value is -1.82. The topological polar surface area (TPSA) is 43.8 Å². The molecule has 0 spiro atoms. The van der Waals surface area contributed by atoms with Crippen molar-refractivity contribution in [2.75, 3.05) is 0 Å². The third kappa shape index (κ3) is 2.70. The summed E-state index contributed by atoms with van der Waals surface area (Å²) in [7, 11) is 0. The standard InChI is InChI=1S/C12H12F3N3/c13-12(14,15)11-17-5-6-18(11)8-10-3-1-9(7-16)2-4-10/h1-6H,7-8,16H2. The van der Waals surface area contributed by atoms with Crippen LogP contribution < -0.4 is 5.73 Å². The first-order valence-electron chi connectivity index (χ1n) is 5.37. The van der Waals surface area contributed by atoms with Gasteiger partial charge in [-0.25, -0.2) is 4.98 Å². The van der Waals surface area contributed by atoms with Gasteiger partial charge in [0.05, 0.1) is 0 Å². The Morgan fingerprint density at radius 3 is 2.28 bits per heavy atom. The number of alkyl halides is 3. The molecule has 2 N–H and O–H groups in total. The van der Waals surface area contributed by atoms with Crippen molar-refractivity contribution in [2.45, 2.75) is 19.3 Å². The fraction of sp³-hybridized carbons (Fsp3) is 0.250. The highest BCUT2D eigenvalue weighted by atomic mass is 19.4. The average Bonchev–Trinajstić information content (AvgIpc) is 2.78. The number of aromatic nitrogens is 2. The second-order valence-corrected chi connectivity index (χ2v) is 3.90. The largest absolute Gasteiger partial charge is 0.449 e. The molecule has 3 nitrogen and oxygen atoms in total. The smallest absolute Gasteiger partial charge is 0.326 e. The number of hydrogen-bond donors (Lipinski definition) is 1. The molecule has 6 heteroatoms. The quantitative estimate of drug-likeness (QED) is 0.915. The lowest BCUT2D eigenvalue weighted by molar-refractivity contribution is -0.147. The number of nitrogens with two attached hydrogens (primary N) is 1. The molecule has 0 aliphatic rings. The number of benzene rings is 1. The molecular weight excluding hydrogens is 243 g/mol. The Labute approximate surface area is 102 Å². The Bertz CT molecular complexity index is 514. The molecule has 1 aromatic carbocycles. The van der Waals surface area contributed by atoms with Crippen LogP contribution in [0.2, 0.25) is 0 Å². The van der Waals surface area contributed by atoms with Crippen molar-refractivity contribution in [2.24, 2.45) is 5.73 Å². The van der Waals surface area contributed by atoms with Crippen LogP contribution >= 0.6 is 0 Å². The summed E-state index contributed by atoms with van der Waals surface area (Å²) >= 11 is 0. The molecule has 0 atom stereocenters. The first-order chi connectivity index (χ1) is 8.50. The second kappa shape index (κ2) is 4.81. The molecule has 18 heavy (non-hydrogen) atoms. The highest BCUT2D eigenvalue weighted by Crippen LogP contribution is 2.28. The summed E-state index contributed by atoms with van der Waals surface area (Å²) in [5, 5.41) is 0. The van der Waals surface area contributed by atoms with E-state index in [1.807, 2.05) is 0 Å². The van der Waals surface area contributed by atoms with Crippen molar-refractivity contribution in [3.05, 3.63) is 53.6 Å². The number of nitrogens with zero attached hydrogens (tertiary/aromatic N) is 2. The van der Waals surface area contributed by atoms with Crippen LogP contribution in [0.5, 0.6) is 0 Å². The van der Waals surface area contributed by atoms with Gasteiger partial charge < -0.3 is 10.3 Å². The van der Waals surface area contributed by atoms with E-state index in [0.29, 0.717) is 6.54 Å². The minimum Gasteiger partial charge on any atom is -0.326 e. The fourth-order valence-corrected chi connectivity index (χ4v) is 1.67. The van der Waals surface area contributed by atoms with Crippen molar-refractivity contribution >= 4 is 0 Å². The first-order valence-corrected chi connectivity index (χ1v) is 5.37. The molecule has 2 rings (SSSR count). The number of imidazole rings is 1. The maximum Gasteiger partial charge on any atom is 0.449 e. The minimum atomic E-state index is -4.43. The average molecular weight is 255 g/mol. The normalized spacial score (nSPS) is 11.8. The van der Waals surface area contributed by atoms with E-state index in [-0.39, 0.29) is 6.54 Å². The molecule has 0 unspecified atom stereocenters. The van der Waals surface area contributed by atoms with Crippen LogP contribution in [0.1, 0.15) is 17.0 Å². The Morgan fingerprint density at radius 2 is 1.72 bits per heavy atom. The molecule has 96 valence electrons. The molecule has 0 fully saturated rings. The van der Waals surface area contributed by atoms with Gasteiger partial charge in [-0.05, 0) is 11.1 Å². The lowest BCUT2D eigenvalue weighted by atomic mass is 10.1. The van der Waals surface area contributed by atoms with Crippen molar-refractivity contribution in [1.29, 1.82) is 0 Å². The van der Waals surface area contributed by atoms with Gasteiger partial charge in [-0.15, -0.1) is 0 Å². The van der Waals surface area contributed by atoms with Crippen LogP contribution in [0.3, 0.4) is 0 Å². The van der Waals surface area contributed by atoms with Crippen LogP contribution in [0.25, 0.3) is 0 Å². The highest BCUT2D eigenvalue weighted by molar-refractivity contribution is 5.23. The van der Waals surface area contributed by atoms with Crippen molar-refractivity contribution in [1.82, 2.24) is 9.55 Å². The molecule has 0 amide bonds. The van der Waals surface area contributed by atoms with Crippen LogP contribution in [-0.2, 0) is 19.3 Å². The molecule has 0 saturated carbocycles. The third-order valence-corrected chi connectivity index (χ3v) is 2.58. The summed E-state index contributed by atoms with van der Waals surface area (Å²) in [6.45, 7) is 0.554. The summed E-state index contributed by atoms with van der Waals surface area (Å²) < 4.78 is 38.9. The van der Waals surface area contributed by atoms with E-state index < -0.39 is 12.0 Å². The molecule has 0 aliphatic heterocycles. The van der Waals surface area contributed by atoms with E-state index >= 15 is 0 Å². The number of hydrogen-bond acceptors (Lipinski definition) is 2. The van der Waals surface area contributed by atoms with Gasteiger partial charge >= 0.3 is 6.18 Å². The second-order valence-electron chi connectivity index (χ2n) is 3.90. The van der Waals surface area contributed by atoms with E-state index in [4.69, 9.17) is 5.73 Å². The van der Waals surface area contributed by atoms with E-state index in [0.717, 1.165) is 21.9 Å². The molecule has 0 saturated heterocycles. The molecule has 1 heterocycles. The zero-order valence-electron chi connectivity index (χ0n) is 9.48. The molecule has 0 bridgehead atoms. The Balaban J connectivity index is 2.21. The molecule has 0 aliphatic carbocycles. The lowest BCUT2D eigenvalue weighted by Crippen LogP contribution is -2.15.